The third-order valence-corrected chi connectivity index (χ3v) is 7.00. The van der Waals surface area contributed by atoms with E-state index in [9.17, 15) is 22.8 Å². The standard InChI is InChI=1S/C30H33F3N2O3/c1-20(24-16-10-14-21-13-8-9-15-25(21)24)35(28(37)38-29(2,3)4)18-23-17-34(27(36)30(31,32)33)19-26(23)22-11-6-5-7-12-22/h5-16,20,23,26H,17-19H2,1-4H3/t20-,23-,26-/m1/s1. The van der Waals surface area contributed by atoms with E-state index in [2.05, 4.69) is 0 Å². The molecule has 5 nitrogen and oxygen atoms in total. The van der Waals surface area contributed by atoms with Gasteiger partial charge in [0.2, 0.25) is 0 Å². The zero-order valence-corrected chi connectivity index (χ0v) is 22.0. The van der Waals surface area contributed by atoms with Crippen LogP contribution in [0.1, 0.15) is 50.8 Å². The van der Waals surface area contributed by atoms with Gasteiger partial charge in [0.25, 0.3) is 0 Å². The maximum atomic E-state index is 13.6. The molecule has 1 aliphatic heterocycles. The van der Waals surface area contributed by atoms with Gasteiger partial charge in [-0.3, -0.25) is 4.79 Å². The number of benzene rings is 3. The molecule has 38 heavy (non-hydrogen) atoms. The SMILES string of the molecule is C[C@H](c1cccc2ccccc12)N(C[C@H]1CN(C(=O)C(F)(F)F)C[C@@H]1c1ccccc1)C(=O)OC(C)(C)C. The fourth-order valence-corrected chi connectivity index (χ4v) is 5.23. The number of hydrogen-bond donors (Lipinski definition) is 0. The summed E-state index contributed by atoms with van der Waals surface area (Å²) in [7, 11) is 0. The molecule has 0 radical (unpaired) electrons. The summed E-state index contributed by atoms with van der Waals surface area (Å²) in [6, 6.07) is 22.5. The summed E-state index contributed by atoms with van der Waals surface area (Å²) in [6.45, 7) is 7.17. The van der Waals surface area contributed by atoms with Crippen LogP contribution in [-0.4, -0.2) is 53.2 Å². The first-order chi connectivity index (χ1) is 17.8. The highest BCUT2D eigenvalue weighted by Gasteiger charge is 2.48. The molecule has 3 aromatic carbocycles. The van der Waals surface area contributed by atoms with Crippen LogP contribution in [0, 0.1) is 5.92 Å². The number of ether oxygens (including phenoxy) is 1. The van der Waals surface area contributed by atoms with Crippen LogP contribution in [0.15, 0.2) is 72.8 Å². The Morgan fingerprint density at radius 1 is 0.947 bits per heavy atom. The van der Waals surface area contributed by atoms with Crippen LogP contribution >= 0.6 is 0 Å². The third-order valence-electron chi connectivity index (χ3n) is 7.00. The minimum absolute atomic E-state index is 0.0716. The van der Waals surface area contributed by atoms with E-state index >= 15 is 0 Å². The van der Waals surface area contributed by atoms with Gasteiger partial charge in [-0.05, 0) is 49.6 Å². The van der Waals surface area contributed by atoms with Crippen molar-refractivity contribution in [3.8, 4) is 0 Å². The number of alkyl halides is 3. The number of fused-ring (bicyclic) bond motifs is 1. The molecule has 1 fully saturated rings. The molecule has 3 aromatic rings. The molecule has 1 heterocycles. The van der Waals surface area contributed by atoms with E-state index in [-0.39, 0.29) is 25.6 Å². The van der Waals surface area contributed by atoms with Crippen molar-refractivity contribution in [2.45, 2.75) is 51.4 Å². The molecule has 2 amide bonds. The van der Waals surface area contributed by atoms with Crippen LogP contribution < -0.4 is 0 Å². The first-order valence-corrected chi connectivity index (χ1v) is 12.7. The molecule has 0 saturated carbocycles. The second-order valence-corrected chi connectivity index (χ2v) is 10.9. The largest absolute Gasteiger partial charge is 0.471 e. The van der Waals surface area contributed by atoms with Gasteiger partial charge in [-0.25, -0.2) is 4.79 Å². The van der Waals surface area contributed by atoms with Gasteiger partial charge in [0.05, 0.1) is 6.04 Å². The van der Waals surface area contributed by atoms with Crippen molar-refractivity contribution in [1.82, 2.24) is 9.80 Å². The van der Waals surface area contributed by atoms with Crippen LogP contribution in [-0.2, 0) is 9.53 Å². The highest BCUT2D eigenvalue weighted by atomic mass is 19.4. The second-order valence-electron chi connectivity index (χ2n) is 10.9. The molecule has 0 aliphatic carbocycles. The average molecular weight is 527 g/mol. The fourth-order valence-electron chi connectivity index (χ4n) is 5.23. The first-order valence-electron chi connectivity index (χ1n) is 12.7. The highest BCUT2D eigenvalue weighted by molar-refractivity contribution is 5.86. The first kappa shape index (κ1) is 27.5. The number of rotatable bonds is 5. The van der Waals surface area contributed by atoms with Gasteiger partial charge in [0, 0.05) is 31.5 Å². The van der Waals surface area contributed by atoms with E-state index in [1.807, 2.05) is 79.7 Å². The summed E-state index contributed by atoms with van der Waals surface area (Å²) >= 11 is 0. The van der Waals surface area contributed by atoms with E-state index < -0.39 is 35.7 Å². The lowest BCUT2D eigenvalue weighted by Gasteiger charge is -2.35. The van der Waals surface area contributed by atoms with Crippen molar-refractivity contribution in [1.29, 1.82) is 0 Å². The summed E-state index contributed by atoms with van der Waals surface area (Å²) in [5, 5.41) is 2.00. The Labute approximate surface area is 221 Å². The van der Waals surface area contributed by atoms with Crippen molar-refractivity contribution in [3.05, 3.63) is 83.9 Å². The number of amides is 2. The lowest BCUT2D eigenvalue weighted by Crippen LogP contribution is -2.43. The number of halogens is 3. The molecule has 0 unspecified atom stereocenters. The molecule has 202 valence electrons. The topological polar surface area (TPSA) is 49.9 Å². The van der Waals surface area contributed by atoms with Crippen molar-refractivity contribution in [3.63, 3.8) is 0 Å². The highest BCUT2D eigenvalue weighted by Crippen LogP contribution is 2.38. The number of hydrogen-bond acceptors (Lipinski definition) is 3. The number of nitrogens with zero attached hydrogens (tertiary/aromatic N) is 2. The van der Waals surface area contributed by atoms with Gasteiger partial charge in [-0.15, -0.1) is 0 Å². The van der Waals surface area contributed by atoms with Crippen LogP contribution in [0.3, 0.4) is 0 Å². The zero-order chi connectivity index (χ0) is 27.7. The Hall–Kier alpha value is -3.55. The number of carbonyl (C=O) groups excluding carboxylic acids is 2. The van der Waals surface area contributed by atoms with Gasteiger partial charge in [-0.2, -0.15) is 13.2 Å². The molecule has 1 aliphatic rings. The minimum Gasteiger partial charge on any atom is -0.444 e. The molecule has 0 N–H and O–H groups in total. The lowest BCUT2D eigenvalue weighted by molar-refractivity contribution is -0.184. The third kappa shape index (κ3) is 6.11. The Morgan fingerprint density at radius 2 is 1.58 bits per heavy atom. The molecule has 8 heteroatoms. The summed E-state index contributed by atoms with van der Waals surface area (Å²) in [4.78, 5) is 28.2. The Kier molecular flexibility index (Phi) is 7.72. The maximum absolute atomic E-state index is 13.6. The van der Waals surface area contributed by atoms with Gasteiger partial charge in [0.1, 0.15) is 5.60 Å². The minimum atomic E-state index is -4.96. The van der Waals surface area contributed by atoms with Crippen LogP contribution in [0.5, 0.6) is 0 Å². The molecule has 3 atom stereocenters. The smallest absolute Gasteiger partial charge is 0.444 e. The number of likely N-dealkylation sites (tertiary alicyclic amines) is 1. The van der Waals surface area contributed by atoms with Crippen LogP contribution in [0.2, 0.25) is 0 Å². The van der Waals surface area contributed by atoms with E-state index in [1.165, 1.54) is 0 Å². The van der Waals surface area contributed by atoms with Gasteiger partial charge in [-0.1, -0.05) is 72.8 Å². The van der Waals surface area contributed by atoms with E-state index in [0.29, 0.717) is 0 Å². The van der Waals surface area contributed by atoms with Crippen molar-refractivity contribution in [2.75, 3.05) is 19.6 Å². The molecule has 4 rings (SSSR count). The summed E-state index contributed by atoms with van der Waals surface area (Å²) in [5.41, 5.74) is 0.976. The van der Waals surface area contributed by atoms with Crippen molar-refractivity contribution in [2.24, 2.45) is 5.92 Å². The van der Waals surface area contributed by atoms with Crippen LogP contribution in [0.4, 0.5) is 18.0 Å². The molecular formula is C30H33F3N2O3. The predicted octanol–water partition coefficient (Wildman–Crippen LogP) is 6.94. The maximum Gasteiger partial charge on any atom is 0.471 e. The van der Waals surface area contributed by atoms with Crippen LogP contribution in [0.25, 0.3) is 10.8 Å². The molecule has 0 aromatic heterocycles. The Morgan fingerprint density at radius 3 is 2.24 bits per heavy atom. The Bertz CT molecular complexity index is 1280. The normalized spacial score (nSPS) is 18.9. The monoisotopic (exact) mass is 526 g/mol. The quantitative estimate of drug-likeness (QED) is 0.362. The van der Waals surface area contributed by atoms with Crippen molar-refractivity contribution < 1.29 is 27.5 Å². The van der Waals surface area contributed by atoms with E-state index in [4.69, 9.17) is 4.74 Å². The van der Waals surface area contributed by atoms with E-state index in [0.717, 1.165) is 26.8 Å². The average Bonchev–Trinajstić information content (AvgIpc) is 3.28. The predicted molar refractivity (Wildman–Crippen MR) is 141 cm³/mol. The fraction of sp³-hybridized carbons (Fsp3) is 0.400. The molecular weight excluding hydrogens is 493 g/mol. The Balaban J connectivity index is 1.72. The molecule has 0 bridgehead atoms. The summed E-state index contributed by atoms with van der Waals surface area (Å²) < 4.78 is 45.8. The molecule has 1 saturated heterocycles. The summed E-state index contributed by atoms with van der Waals surface area (Å²) in [5.74, 6) is -2.65. The van der Waals surface area contributed by atoms with E-state index in [1.54, 1.807) is 25.7 Å². The van der Waals surface area contributed by atoms with Gasteiger partial charge >= 0.3 is 18.2 Å². The van der Waals surface area contributed by atoms with Gasteiger partial charge < -0.3 is 14.5 Å². The number of carbonyl (C=O) groups is 2. The molecule has 0 spiro atoms. The second kappa shape index (κ2) is 10.7. The van der Waals surface area contributed by atoms with Gasteiger partial charge in [0.15, 0.2) is 0 Å². The zero-order valence-electron chi connectivity index (χ0n) is 22.0. The lowest BCUT2D eigenvalue weighted by atomic mass is 9.88. The summed E-state index contributed by atoms with van der Waals surface area (Å²) in [6.07, 6.45) is -5.51. The van der Waals surface area contributed by atoms with Crippen molar-refractivity contribution >= 4 is 22.8 Å².